The quantitative estimate of drug-likeness (QED) is 0.805. The van der Waals surface area contributed by atoms with Gasteiger partial charge >= 0.3 is 0 Å². The lowest BCUT2D eigenvalue weighted by Crippen LogP contribution is -2.36. The number of pyridine rings is 1. The molecule has 0 spiro atoms. The highest BCUT2D eigenvalue weighted by molar-refractivity contribution is 6.00. The van der Waals surface area contributed by atoms with Gasteiger partial charge in [0, 0.05) is 37.1 Å². The van der Waals surface area contributed by atoms with Crippen LogP contribution in [0.3, 0.4) is 0 Å². The Bertz CT molecular complexity index is 839. The molecule has 6 heteroatoms. The first kappa shape index (κ1) is 13.3. The van der Waals surface area contributed by atoms with E-state index < -0.39 is 0 Å². The third-order valence-corrected chi connectivity index (χ3v) is 4.53. The van der Waals surface area contributed by atoms with Crippen molar-refractivity contribution in [2.45, 2.75) is 25.3 Å². The van der Waals surface area contributed by atoms with Crippen LogP contribution < -0.4 is 0 Å². The SMILES string of the molecule is N#CCCN1CCCC(n2cnc3cnc4[nH]ccc4c32)C1. The Morgan fingerprint density at radius 2 is 2.36 bits per heavy atom. The number of hydrogen-bond acceptors (Lipinski definition) is 4. The molecule has 0 amide bonds. The first-order chi connectivity index (χ1) is 10.9. The number of H-pyrrole nitrogens is 1. The molecule has 3 aromatic heterocycles. The fourth-order valence-corrected chi connectivity index (χ4v) is 3.48. The highest BCUT2D eigenvalue weighted by Gasteiger charge is 2.23. The van der Waals surface area contributed by atoms with Crippen LogP contribution in [0.15, 0.2) is 24.8 Å². The van der Waals surface area contributed by atoms with Gasteiger partial charge in [-0.05, 0) is 25.5 Å². The molecule has 112 valence electrons. The van der Waals surface area contributed by atoms with Crippen molar-refractivity contribution < 1.29 is 0 Å². The zero-order valence-electron chi connectivity index (χ0n) is 12.4. The van der Waals surface area contributed by atoms with Crippen molar-refractivity contribution in [3.63, 3.8) is 0 Å². The Morgan fingerprint density at radius 1 is 1.41 bits per heavy atom. The van der Waals surface area contributed by atoms with Crippen LogP contribution in [-0.4, -0.2) is 44.1 Å². The molecule has 1 aliphatic rings. The smallest absolute Gasteiger partial charge is 0.139 e. The minimum absolute atomic E-state index is 0.415. The van der Waals surface area contributed by atoms with Gasteiger partial charge in [0.2, 0.25) is 0 Å². The van der Waals surface area contributed by atoms with Gasteiger partial charge in [0.1, 0.15) is 11.2 Å². The molecule has 4 heterocycles. The van der Waals surface area contributed by atoms with Crippen LogP contribution in [-0.2, 0) is 0 Å². The number of fused-ring (bicyclic) bond motifs is 3. The van der Waals surface area contributed by atoms with E-state index in [-0.39, 0.29) is 0 Å². The predicted molar refractivity (Wildman–Crippen MR) is 84.3 cm³/mol. The molecule has 1 fully saturated rings. The normalized spacial score (nSPS) is 19.7. The molecular formula is C16H18N6. The fourth-order valence-electron chi connectivity index (χ4n) is 3.48. The Balaban J connectivity index is 1.71. The molecule has 0 aliphatic carbocycles. The van der Waals surface area contributed by atoms with Gasteiger partial charge in [-0.1, -0.05) is 0 Å². The molecule has 1 atom stereocenters. The number of nitrogens with one attached hydrogen (secondary N) is 1. The van der Waals surface area contributed by atoms with Crippen molar-refractivity contribution in [2.75, 3.05) is 19.6 Å². The molecule has 6 nitrogen and oxygen atoms in total. The molecule has 0 aromatic carbocycles. The number of nitrogens with zero attached hydrogens (tertiary/aromatic N) is 5. The van der Waals surface area contributed by atoms with Gasteiger partial charge in [-0.2, -0.15) is 5.26 Å². The van der Waals surface area contributed by atoms with Crippen molar-refractivity contribution in [2.24, 2.45) is 0 Å². The zero-order chi connectivity index (χ0) is 14.9. The number of aromatic amines is 1. The number of piperidine rings is 1. The molecule has 0 saturated carbocycles. The van der Waals surface area contributed by atoms with E-state index in [0.29, 0.717) is 12.5 Å². The van der Waals surface area contributed by atoms with Crippen molar-refractivity contribution >= 4 is 22.1 Å². The van der Waals surface area contributed by atoms with Gasteiger partial charge in [-0.15, -0.1) is 0 Å². The number of likely N-dealkylation sites (tertiary alicyclic amines) is 1. The van der Waals surface area contributed by atoms with Gasteiger partial charge in [0.05, 0.1) is 24.1 Å². The lowest BCUT2D eigenvalue weighted by atomic mass is 10.0. The highest BCUT2D eigenvalue weighted by Crippen LogP contribution is 2.29. The van der Waals surface area contributed by atoms with Gasteiger partial charge in [0.25, 0.3) is 0 Å². The number of aromatic nitrogens is 4. The van der Waals surface area contributed by atoms with Crippen LogP contribution in [0.1, 0.15) is 25.3 Å². The molecule has 1 unspecified atom stereocenters. The van der Waals surface area contributed by atoms with Crippen LogP contribution in [0.25, 0.3) is 22.1 Å². The Kier molecular flexibility index (Phi) is 3.28. The second-order valence-corrected chi connectivity index (χ2v) is 5.89. The summed E-state index contributed by atoms with van der Waals surface area (Å²) in [5.74, 6) is 0. The molecule has 0 bridgehead atoms. The lowest BCUT2D eigenvalue weighted by molar-refractivity contribution is 0.183. The van der Waals surface area contributed by atoms with Gasteiger partial charge in [0.15, 0.2) is 0 Å². The van der Waals surface area contributed by atoms with Crippen LogP contribution in [0.2, 0.25) is 0 Å². The molecule has 1 saturated heterocycles. The third kappa shape index (κ3) is 2.14. The van der Waals surface area contributed by atoms with Crippen molar-refractivity contribution in [1.82, 2.24) is 24.4 Å². The molecule has 1 N–H and O–H groups in total. The van der Waals surface area contributed by atoms with Gasteiger partial charge in [-0.25, -0.2) is 9.97 Å². The van der Waals surface area contributed by atoms with Crippen molar-refractivity contribution in [3.05, 3.63) is 24.8 Å². The van der Waals surface area contributed by atoms with E-state index in [1.807, 2.05) is 18.7 Å². The molecule has 1 aliphatic heterocycles. The monoisotopic (exact) mass is 294 g/mol. The van der Waals surface area contributed by atoms with Crippen LogP contribution >= 0.6 is 0 Å². The summed E-state index contributed by atoms with van der Waals surface area (Å²) in [5.41, 5.74) is 3.02. The van der Waals surface area contributed by atoms with E-state index in [1.54, 1.807) is 0 Å². The summed E-state index contributed by atoms with van der Waals surface area (Å²) in [6, 6.07) is 4.73. The van der Waals surface area contributed by atoms with Crippen LogP contribution in [0, 0.1) is 11.3 Å². The summed E-state index contributed by atoms with van der Waals surface area (Å²) < 4.78 is 2.30. The topological polar surface area (TPSA) is 73.5 Å². The first-order valence-electron chi connectivity index (χ1n) is 7.75. The Hall–Kier alpha value is -2.39. The fraction of sp³-hybridized carbons (Fsp3) is 0.438. The zero-order valence-corrected chi connectivity index (χ0v) is 12.4. The van der Waals surface area contributed by atoms with E-state index in [9.17, 15) is 0 Å². The van der Waals surface area contributed by atoms with Crippen molar-refractivity contribution in [1.29, 1.82) is 5.26 Å². The standard InChI is InChI=1S/C16H18N6/c17-5-2-8-21-7-1-3-12(10-21)22-11-20-14-9-19-16-13(15(14)22)4-6-18-16/h4,6,9,11-12H,1-3,7-8,10H2,(H,18,19). The summed E-state index contributed by atoms with van der Waals surface area (Å²) in [6.45, 7) is 2.94. The maximum atomic E-state index is 8.78. The summed E-state index contributed by atoms with van der Waals surface area (Å²) in [7, 11) is 0. The number of rotatable bonds is 3. The lowest BCUT2D eigenvalue weighted by Gasteiger charge is -2.33. The van der Waals surface area contributed by atoms with E-state index in [1.165, 1.54) is 5.52 Å². The van der Waals surface area contributed by atoms with Crippen LogP contribution in [0.4, 0.5) is 0 Å². The maximum Gasteiger partial charge on any atom is 0.139 e. The average molecular weight is 294 g/mol. The molecule has 22 heavy (non-hydrogen) atoms. The molecule has 4 rings (SSSR count). The Labute approximate surface area is 128 Å². The number of imidazole rings is 1. The minimum Gasteiger partial charge on any atom is -0.346 e. The summed E-state index contributed by atoms with van der Waals surface area (Å²) in [5, 5.41) is 9.91. The van der Waals surface area contributed by atoms with Crippen LogP contribution in [0.5, 0.6) is 0 Å². The molecular weight excluding hydrogens is 276 g/mol. The average Bonchev–Trinajstić information content (AvgIpc) is 3.18. The van der Waals surface area contributed by atoms with Gasteiger partial charge < -0.3 is 14.5 Å². The second-order valence-electron chi connectivity index (χ2n) is 5.89. The maximum absolute atomic E-state index is 8.78. The van der Waals surface area contributed by atoms with E-state index in [4.69, 9.17) is 5.26 Å². The second kappa shape index (κ2) is 5.43. The van der Waals surface area contributed by atoms with E-state index in [0.717, 1.165) is 49.0 Å². The molecule has 3 aromatic rings. The third-order valence-electron chi connectivity index (χ3n) is 4.53. The summed E-state index contributed by atoms with van der Waals surface area (Å²) >= 11 is 0. The first-order valence-corrected chi connectivity index (χ1v) is 7.75. The van der Waals surface area contributed by atoms with E-state index >= 15 is 0 Å². The van der Waals surface area contributed by atoms with E-state index in [2.05, 4.69) is 36.6 Å². The molecule has 0 radical (unpaired) electrons. The van der Waals surface area contributed by atoms with Gasteiger partial charge in [-0.3, -0.25) is 0 Å². The minimum atomic E-state index is 0.415. The summed E-state index contributed by atoms with van der Waals surface area (Å²) in [4.78, 5) is 14.5. The predicted octanol–water partition coefficient (Wildman–Crippen LogP) is 2.46. The Morgan fingerprint density at radius 3 is 3.27 bits per heavy atom. The number of nitriles is 1. The highest BCUT2D eigenvalue weighted by atomic mass is 15.2. The number of hydrogen-bond donors (Lipinski definition) is 1. The van der Waals surface area contributed by atoms with Crippen molar-refractivity contribution in [3.8, 4) is 6.07 Å². The largest absolute Gasteiger partial charge is 0.346 e. The summed E-state index contributed by atoms with van der Waals surface area (Å²) in [6.07, 6.45) is 8.62.